The van der Waals surface area contributed by atoms with E-state index in [4.69, 9.17) is 4.74 Å². The topological polar surface area (TPSA) is 85.2 Å². The monoisotopic (exact) mass is 520 g/mol. The van der Waals surface area contributed by atoms with E-state index in [0.717, 1.165) is 12.0 Å². The number of aromatic nitrogens is 4. The highest BCUT2D eigenvalue weighted by atomic mass is 32.2. The number of amides is 1. The summed E-state index contributed by atoms with van der Waals surface area (Å²) in [5.74, 6) is -0.0233. The molecule has 8 nitrogen and oxygen atoms in total. The Morgan fingerprint density at radius 2 is 2.00 bits per heavy atom. The Kier molecular flexibility index (Phi) is 8.14. The van der Waals surface area contributed by atoms with Crippen molar-refractivity contribution in [1.29, 1.82) is 0 Å². The molecule has 2 heterocycles. The van der Waals surface area contributed by atoms with Crippen LogP contribution in [0.1, 0.15) is 29.3 Å². The van der Waals surface area contributed by atoms with Gasteiger partial charge >= 0.3 is 6.18 Å². The largest absolute Gasteiger partial charge is 0.496 e. The van der Waals surface area contributed by atoms with E-state index in [1.807, 2.05) is 29.4 Å². The van der Waals surface area contributed by atoms with Crippen molar-refractivity contribution >= 4 is 17.7 Å². The normalized spacial score (nSPS) is 18.3. The van der Waals surface area contributed by atoms with Gasteiger partial charge in [-0.1, -0.05) is 30.3 Å². The lowest BCUT2D eigenvalue weighted by Gasteiger charge is -2.39. The summed E-state index contributed by atoms with van der Waals surface area (Å²) in [6, 6.07) is 14.8. The standard InChI is InChI=1S/C24H27F3N6O2S/c1-35-21-9-8-18(33-23(24(25,26)27)29-30-31-33)12-17(21)13-28-20-10-11-32(22(34)15-36-2)14-19(20)16-6-4-3-5-7-16/h3-9,12,19-20,28H,10-11,13-15H2,1-2H3. The quantitative estimate of drug-likeness (QED) is 0.487. The van der Waals surface area contributed by atoms with E-state index < -0.39 is 12.0 Å². The Labute approximate surface area is 211 Å². The number of thioether (sulfide) groups is 1. The molecule has 1 aromatic heterocycles. The molecule has 2 atom stereocenters. The van der Waals surface area contributed by atoms with Gasteiger partial charge in [-0.15, -0.1) is 5.10 Å². The summed E-state index contributed by atoms with van der Waals surface area (Å²) >= 11 is 1.51. The second-order valence-electron chi connectivity index (χ2n) is 8.47. The van der Waals surface area contributed by atoms with Gasteiger partial charge in [-0.3, -0.25) is 4.79 Å². The number of nitrogens with one attached hydrogen (secondary N) is 1. The minimum absolute atomic E-state index is 0.0536. The molecule has 1 saturated heterocycles. The average molecular weight is 521 g/mol. The van der Waals surface area contributed by atoms with Gasteiger partial charge in [0.05, 0.1) is 18.6 Å². The molecule has 12 heteroatoms. The van der Waals surface area contributed by atoms with Gasteiger partial charge in [0.2, 0.25) is 5.91 Å². The summed E-state index contributed by atoms with van der Waals surface area (Å²) in [5.41, 5.74) is 1.98. The van der Waals surface area contributed by atoms with E-state index >= 15 is 0 Å². The number of carbonyl (C=O) groups is 1. The van der Waals surface area contributed by atoms with Gasteiger partial charge in [0.1, 0.15) is 5.75 Å². The fraction of sp³-hybridized carbons (Fsp3) is 0.417. The molecule has 192 valence electrons. The molecule has 1 N–H and O–H groups in total. The molecule has 4 rings (SSSR count). The van der Waals surface area contributed by atoms with Crippen molar-refractivity contribution < 1.29 is 22.7 Å². The van der Waals surface area contributed by atoms with E-state index in [2.05, 4.69) is 33.0 Å². The fourth-order valence-electron chi connectivity index (χ4n) is 4.49. The van der Waals surface area contributed by atoms with Gasteiger partial charge in [-0.05, 0) is 46.9 Å². The molecule has 0 aliphatic carbocycles. The Balaban J connectivity index is 1.56. The van der Waals surface area contributed by atoms with E-state index in [0.29, 0.717) is 41.4 Å². The molecule has 1 aliphatic rings. The van der Waals surface area contributed by atoms with Crippen LogP contribution < -0.4 is 10.1 Å². The zero-order valence-corrected chi connectivity index (χ0v) is 20.7. The number of alkyl halides is 3. The third kappa shape index (κ3) is 5.81. The summed E-state index contributed by atoms with van der Waals surface area (Å²) in [6.45, 7) is 1.59. The zero-order chi connectivity index (χ0) is 25.7. The first kappa shape index (κ1) is 26.0. The highest BCUT2D eigenvalue weighted by Gasteiger charge is 2.38. The number of hydrogen-bond donors (Lipinski definition) is 1. The maximum Gasteiger partial charge on any atom is 0.453 e. The second kappa shape index (κ2) is 11.3. The Morgan fingerprint density at radius 3 is 2.69 bits per heavy atom. The van der Waals surface area contributed by atoms with Crippen molar-refractivity contribution in [2.75, 3.05) is 32.2 Å². The van der Waals surface area contributed by atoms with Crippen molar-refractivity contribution in [1.82, 2.24) is 30.4 Å². The number of halogens is 3. The summed E-state index contributed by atoms with van der Waals surface area (Å²) < 4.78 is 46.1. The predicted octanol–water partition coefficient (Wildman–Crippen LogP) is 3.53. The van der Waals surface area contributed by atoms with Crippen molar-refractivity contribution in [2.45, 2.75) is 31.1 Å². The van der Waals surface area contributed by atoms with Crippen LogP contribution in [0.3, 0.4) is 0 Å². The first-order valence-electron chi connectivity index (χ1n) is 11.4. The first-order chi connectivity index (χ1) is 17.3. The lowest BCUT2D eigenvalue weighted by molar-refractivity contribution is -0.146. The molecule has 2 unspecified atom stereocenters. The molecule has 1 amide bonds. The van der Waals surface area contributed by atoms with Gasteiger partial charge in [-0.2, -0.15) is 29.6 Å². The first-order valence-corrected chi connectivity index (χ1v) is 12.8. The van der Waals surface area contributed by atoms with Crippen molar-refractivity contribution in [3.63, 3.8) is 0 Å². The second-order valence-corrected chi connectivity index (χ2v) is 9.34. The molecule has 0 spiro atoms. The molecule has 1 aliphatic heterocycles. The van der Waals surface area contributed by atoms with Gasteiger partial charge in [-0.25, -0.2) is 0 Å². The average Bonchev–Trinajstić information content (AvgIpc) is 3.39. The number of ether oxygens (including phenoxy) is 1. The minimum Gasteiger partial charge on any atom is -0.496 e. The highest BCUT2D eigenvalue weighted by Crippen LogP contribution is 2.31. The molecule has 0 saturated carbocycles. The maximum atomic E-state index is 13.3. The predicted molar refractivity (Wildman–Crippen MR) is 130 cm³/mol. The maximum absolute atomic E-state index is 13.3. The van der Waals surface area contributed by atoms with Crippen LogP contribution in [0.25, 0.3) is 5.69 Å². The number of piperidine rings is 1. The smallest absolute Gasteiger partial charge is 0.453 e. The summed E-state index contributed by atoms with van der Waals surface area (Å²) in [4.78, 5) is 14.5. The molecular formula is C24H27F3N6O2S. The fourth-order valence-corrected chi connectivity index (χ4v) is 4.92. The van der Waals surface area contributed by atoms with Crippen molar-refractivity contribution in [3.05, 3.63) is 65.5 Å². The van der Waals surface area contributed by atoms with E-state index in [1.54, 1.807) is 12.1 Å². The van der Waals surface area contributed by atoms with Crippen LogP contribution in [0.4, 0.5) is 13.2 Å². The van der Waals surface area contributed by atoms with Crippen LogP contribution in [0.2, 0.25) is 0 Å². The molecule has 2 aromatic carbocycles. The van der Waals surface area contributed by atoms with Crippen LogP contribution in [0.15, 0.2) is 48.5 Å². The molecule has 0 bridgehead atoms. The molecule has 36 heavy (non-hydrogen) atoms. The Bertz CT molecular complexity index is 1170. The number of rotatable bonds is 8. The number of likely N-dealkylation sites (tertiary alicyclic amines) is 1. The summed E-state index contributed by atoms with van der Waals surface area (Å²) in [6.07, 6.45) is -2.03. The van der Waals surface area contributed by atoms with E-state index in [-0.39, 0.29) is 23.6 Å². The van der Waals surface area contributed by atoms with E-state index in [1.165, 1.54) is 24.9 Å². The third-order valence-corrected chi connectivity index (χ3v) is 6.78. The number of carbonyl (C=O) groups excluding carboxylic acids is 1. The van der Waals surface area contributed by atoms with Gasteiger partial charge < -0.3 is 15.0 Å². The number of nitrogens with zero attached hydrogens (tertiary/aromatic N) is 5. The number of tetrazole rings is 1. The number of benzene rings is 2. The van der Waals surface area contributed by atoms with Crippen LogP contribution in [-0.4, -0.2) is 69.3 Å². The van der Waals surface area contributed by atoms with Gasteiger partial charge in [0, 0.05) is 37.2 Å². The molecule has 0 radical (unpaired) electrons. The van der Waals surface area contributed by atoms with E-state index in [9.17, 15) is 18.0 Å². The van der Waals surface area contributed by atoms with Gasteiger partial charge in [0.25, 0.3) is 5.82 Å². The Morgan fingerprint density at radius 1 is 1.22 bits per heavy atom. The lowest BCUT2D eigenvalue weighted by atomic mass is 9.85. The number of methoxy groups -OCH3 is 1. The van der Waals surface area contributed by atoms with Crippen LogP contribution >= 0.6 is 11.8 Å². The van der Waals surface area contributed by atoms with Crippen molar-refractivity contribution in [3.8, 4) is 11.4 Å². The van der Waals surface area contributed by atoms with Gasteiger partial charge in [0.15, 0.2) is 0 Å². The highest BCUT2D eigenvalue weighted by molar-refractivity contribution is 7.99. The number of hydrogen-bond acceptors (Lipinski definition) is 7. The van der Waals surface area contributed by atoms with Crippen LogP contribution in [-0.2, 0) is 17.5 Å². The minimum atomic E-state index is -4.69. The van der Waals surface area contributed by atoms with Crippen LogP contribution in [0, 0.1) is 0 Å². The molecular weight excluding hydrogens is 493 g/mol. The zero-order valence-electron chi connectivity index (χ0n) is 19.9. The SMILES string of the molecule is COc1ccc(-n2nnnc2C(F)(F)F)cc1CNC1CCN(C(=O)CSC)CC1c1ccccc1. The lowest BCUT2D eigenvalue weighted by Crippen LogP contribution is -2.50. The third-order valence-electron chi connectivity index (χ3n) is 6.25. The summed E-state index contributed by atoms with van der Waals surface area (Å²) in [7, 11) is 1.51. The Hall–Kier alpha value is -3.12. The van der Waals surface area contributed by atoms with Crippen molar-refractivity contribution in [2.24, 2.45) is 0 Å². The summed E-state index contributed by atoms with van der Waals surface area (Å²) in [5, 5.41) is 13.4. The molecule has 3 aromatic rings. The van der Waals surface area contributed by atoms with Crippen LogP contribution in [0.5, 0.6) is 5.75 Å². The molecule has 1 fully saturated rings.